The fourth-order valence-electron chi connectivity index (χ4n) is 10.4. The molecule has 474 valence electrons. The van der Waals surface area contributed by atoms with E-state index in [1.807, 2.05) is 18.7 Å². The number of nitrogens with one attached hydrogen (secondary N) is 4. The number of aliphatic hydroxyl groups excluding tert-OH is 4. The van der Waals surface area contributed by atoms with Crippen molar-refractivity contribution >= 4 is 47.1 Å². The minimum Gasteiger partial charge on any atom is -0.439 e. The van der Waals surface area contributed by atoms with Gasteiger partial charge in [0.2, 0.25) is 23.1 Å². The number of hydrogen-bond donors (Lipinski definition) is 10. The zero-order chi connectivity index (χ0) is 64.1. The van der Waals surface area contributed by atoms with Crippen molar-refractivity contribution in [2.24, 2.45) is 35.1 Å². The number of rotatable bonds is 16. The first-order chi connectivity index (χ1) is 40.7. The SMILES string of the molecule is CO[C@H]1/C=C\C=C(/C)C(=O)NC2=CC(=O)C(NCCN(C)CCNC3=C4C[C@@H](C)C[C@H](OC)[C@H](O)[C@@H](C)/C=C(\CO)[C@H](OC(N)=O)[C@@H](OC)/C=C\C=C(/C)C(=O)NC(=CC3=O)C4=O)=C(C[C@@H](C)C[C@H](OC)[C@H](O)[C@@H](C)/C=C(\CO)[C@@H]1OC(N)=O)C2=O. The highest BCUT2D eigenvalue weighted by Crippen LogP contribution is 2.31. The van der Waals surface area contributed by atoms with Gasteiger partial charge in [0, 0.05) is 101 Å². The molecule has 0 radical (unpaired) electrons. The number of hydrogen-bond acceptors (Lipinski definition) is 21. The quantitative estimate of drug-likeness (QED) is 0.0775. The van der Waals surface area contributed by atoms with Crippen LogP contribution < -0.4 is 32.7 Å². The molecule has 4 bridgehead atoms. The summed E-state index contributed by atoms with van der Waals surface area (Å²) >= 11 is 0. The highest BCUT2D eigenvalue weighted by molar-refractivity contribution is 6.24. The third-order valence-electron chi connectivity index (χ3n) is 15.3. The van der Waals surface area contributed by atoms with Crippen LogP contribution in [0.1, 0.15) is 67.2 Å². The second-order valence-corrected chi connectivity index (χ2v) is 22.0. The van der Waals surface area contributed by atoms with Gasteiger partial charge in [-0.25, -0.2) is 9.59 Å². The molecular formula is C61H87N7O18. The number of carbonyl (C=O) groups is 8. The molecule has 2 aliphatic heterocycles. The maximum absolute atomic E-state index is 14.4. The van der Waals surface area contributed by atoms with E-state index in [0.29, 0.717) is 13.1 Å². The fraction of sp³-hybridized carbons (Fsp3) is 0.541. The predicted octanol–water partition coefficient (Wildman–Crippen LogP) is 1.59. The molecule has 25 nitrogen and oxygen atoms in total. The number of nitrogens with zero attached hydrogens (tertiary/aromatic N) is 1. The predicted molar refractivity (Wildman–Crippen MR) is 315 cm³/mol. The summed E-state index contributed by atoms with van der Waals surface area (Å²) in [5, 5.41) is 55.6. The zero-order valence-corrected chi connectivity index (χ0v) is 50.9. The van der Waals surface area contributed by atoms with Crippen LogP contribution in [-0.2, 0) is 57.2 Å². The summed E-state index contributed by atoms with van der Waals surface area (Å²) in [5.41, 5.74) is 11.1. The third kappa shape index (κ3) is 19.9. The lowest BCUT2D eigenvalue weighted by atomic mass is 9.85. The van der Waals surface area contributed by atoms with Gasteiger partial charge in [0.25, 0.3) is 11.8 Å². The van der Waals surface area contributed by atoms with Crippen LogP contribution in [0, 0.1) is 23.7 Å². The van der Waals surface area contributed by atoms with E-state index in [4.69, 9.17) is 39.9 Å². The Hall–Kier alpha value is -7.20. The molecule has 4 aliphatic rings. The third-order valence-corrected chi connectivity index (χ3v) is 15.3. The number of ether oxygens (including phenoxy) is 6. The van der Waals surface area contributed by atoms with Crippen molar-refractivity contribution in [3.8, 4) is 0 Å². The summed E-state index contributed by atoms with van der Waals surface area (Å²) in [6.45, 7) is 9.60. The smallest absolute Gasteiger partial charge is 0.405 e. The summed E-state index contributed by atoms with van der Waals surface area (Å²) in [5.74, 6) is -6.00. The molecule has 2 heterocycles. The fourth-order valence-corrected chi connectivity index (χ4v) is 10.4. The van der Waals surface area contributed by atoms with Crippen molar-refractivity contribution in [2.75, 3.05) is 74.9 Å². The lowest BCUT2D eigenvalue weighted by Crippen LogP contribution is -2.40. The first-order valence-corrected chi connectivity index (χ1v) is 28.3. The lowest BCUT2D eigenvalue weighted by Gasteiger charge is -2.30. The summed E-state index contributed by atoms with van der Waals surface area (Å²) in [7, 11) is 7.28. The van der Waals surface area contributed by atoms with Gasteiger partial charge >= 0.3 is 12.2 Å². The minimum absolute atomic E-state index is 0.00925. The monoisotopic (exact) mass is 1210 g/mol. The van der Waals surface area contributed by atoms with E-state index in [2.05, 4.69) is 21.3 Å². The van der Waals surface area contributed by atoms with Crippen LogP contribution in [0.2, 0.25) is 0 Å². The Morgan fingerprint density at radius 2 is 0.977 bits per heavy atom. The van der Waals surface area contributed by atoms with Crippen molar-refractivity contribution < 1.29 is 87.2 Å². The number of fused-ring (bicyclic) bond motifs is 4. The molecule has 0 saturated carbocycles. The van der Waals surface area contributed by atoms with Crippen molar-refractivity contribution in [3.05, 3.63) is 117 Å². The number of ketones is 4. The van der Waals surface area contributed by atoms with E-state index < -0.39 is 133 Å². The van der Waals surface area contributed by atoms with Crippen LogP contribution in [0.4, 0.5) is 9.59 Å². The highest BCUT2D eigenvalue weighted by atomic mass is 16.6. The summed E-state index contributed by atoms with van der Waals surface area (Å²) < 4.78 is 33.4. The maximum atomic E-state index is 14.4. The molecule has 0 fully saturated rings. The molecular weight excluding hydrogens is 1120 g/mol. The van der Waals surface area contributed by atoms with E-state index in [1.165, 1.54) is 90.9 Å². The average molecular weight is 1210 g/mol. The van der Waals surface area contributed by atoms with Gasteiger partial charge in [-0.05, 0) is 69.6 Å². The van der Waals surface area contributed by atoms with Crippen LogP contribution >= 0.6 is 0 Å². The Bertz CT molecular complexity index is 2640. The van der Waals surface area contributed by atoms with Gasteiger partial charge in [-0.1, -0.05) is 76.3 Å². The van der Waals surface area contributed by atoms with E-state index >= 15 is 0 Å². The number of likely N-dealkylation sites (N-methyl/N-ethyl adjacent to an activating group) is 1. The molecule has 12 N–H and O–H groups in total. The molecule has 0 spiro atoms. The molecule has 0 aromatic rings. The number of Topliss-reactive ketones (excluding diaryl/α,β-unsaturated/α-hetero) is 2. The number of allylic oxidation sites excluding steroid dienone is 8. The highest BCUT2D eigenvalue weighted by Gasteiger charge is 2.37. The maximum Gasteiger partial charge on any atom is 0.405 e. The Kier molecular flexibility index (Phi) is 28.4. The van der Waals surface area contributed by atoms with Crippen LogP contribution in [-0.4, -0.2) is 196 Å². The van der Waals surface area contributed by atoms with Crippen molar-refractivity contribution in [1.82, 2.24) is 26.2 Å². The second-order valence-electron chi connectivity index (χ2n) is 22.0. The first-order valence-electron chi connectivity index (χ1n) is 28.3. The summed E-state index contributed by atoms with van der Waals surface area (Å²) in [4.78, 5) is 110. The summed E-state index contributed by atoms with van der Waals surface area (Å²) in [6.07, 6.45) is 3.34. The van der Waals surface area contributed by atoms with Crippen LogP contribution in [0.15, 0.2) is 117 Å². The van der Waals surface area contributed by atoms with Gasteiger partial charge in [-0.3, -0.25) is 28.8 Å². The largest absolute Gasteiger partial charge is 0.439 e. The summed E-state index contributed by atoms with van der Waals surface area (Å²) in [6, 6.07) is 0. The Labute approximate surface area is 502 Å². The average Bonchev–Trinajstić information content (AvgIpc) is 2.43. The Morgan fingerprint density at radius 3 is 1.29 bits per heavy atom. The molecule has 4 rings (SSSR count). The standard InChI is InChI=1S/C61H87N7O18/c1-32-22-40-50(44(71)28-42(54(40)75)66-58(77)34(3)14-12-16-46(81-8)56(85-60(62)79)38(30-69)26-36(5)52(73)48(24-32)83-10)64-18-20-68(7)21-19-65-51-41-23-33(2)25-49(84-11)53(74)37(6)27-39(31-70)57(86-61(63)80)47(82-9)17-13-15-35(4)59(78)67-43(55(41)76)29-45(51)72/h12-17,26-29,32-33,36-37,46-49,52-53,56-57,64-65,69-70,73-74H,18-25,30-31H2,1-11H3,(H2,62,79)(H2,63,80)(H,66,77)(H,67,78)/b16-12-,17-13-,34-14+,35-15+,38-26+,39-27+/t32-,33-,36+,37+,46+,47+,48+,49+,52-,53-,56+,57+/m1/s1. The molecule has 0 aromatic carbocycles. The van der Waals surface area contributed by atoms with Gasteiger partial charge in [-0.2, -0.15) is 0 Å². The molecule has 0 aromatic heterocycles. The topological polar surface area (TPSA) is 376 Å². The molecule has 25 heteroatoms. The number of nitrogens with two attached hydrogens (primary N) is 2. The normalized spacial score (nSPS) is 31.5. The minimum atomic E-state index is -1.23. The molecule has 2 aliphatic carbocycles. The van der Waals surface area contributed by atoms with Gasteiger partial charge < -0.3 is 86.5 Å². The van der Waals surface area contributed by atoms with Crippen LogP contribution in [0.25, 0.3) is 0 Å². The number of methoxy groups -OCH3 is 4. The molecule has 86 heavy (non-hydrogen) atoms. The van der Waals surface area contributed by atoms with Crippen molar-refractivity contribution in [1.29, 1.82) is 0 Å². The molecule has 12 atom stereocenters. The van der Waals surface area contributed by atoms with Gasteiger partial charge in [0.1, 0.15) is 12.2 Å². The Morgan fingerprint density at radius 1 is 0.616 bits per heavy atom. The Balaban J connectivity index is 1.60. The van der Waals surface area contributed by atoms with E-state index in [9.17, 15) is 58.8 Å². The molecule has 0 unspecified atom stereocenters. The molecule has 4 amide bonds. The van der Waals surface area contributed by atoms with Crippen LogP contribution in [0.3, 0.4) is 0 Å². The number of aliphatic hydroxyl groups is 4. The van der Waals surface area contributed by atoms with Gasteiger partial charge in [0.15, 0.2) is 12.2 Å². The van der Waals surface area contributed by atoms with Gasteiger partial charge in [0.05, 0.1) is 60.4 Å². The van der Waals surface area contributed by atoms with E-state index in [0.717, 1.165) is 12.2 Å². The van der Waals surface area contributed by atoms with Crippen molar-refractivity contribution in [2.45, 2.75) is 116 Å². The lowest BCUT2D eigenvalue weighted by molar-refractivity contribution is -0.120. The van der Waals surface area contributed by atoms with Gasteiger partial charge in [-0.15, -0.1) is 0 Å². The van der Waals surface area contributed by atoms with E-state index in [1.54, 1.807) is 20.9 Å². The first kappa shape index (κ1) is 71.3. The molecule has 0 saturated heterocycles. The second kappa shape index (κ2) is 34.2. The number of primary amides is 2. The number of carbonyl (C=O) groups excluding carboxylic acids is 8. The van der Waals surface area contributed by atoms with E-state index in [-0.39, 0.29) is 95.0 Å². The van der Waals surface area contributed by atoms with Crippen molar-refractivity contribution in [3.63, 3.8) is 0 Å². The van der Waals surface area contributed by atoms with Crippen LogP contribution in [0.5, 0.6) is 0 Å². The number of amides is 4. The zero-order valence-electron chi connectivity index (χ0n) is 50.9.